The average Bonchev–Trinajstić information content (AvgIpc) is 3.66. The Bertz CT molecular complexity index is 1490. The largest absolute Gasteiger partial charge is 0.393 e. The van der Waals surface area contributed by atoms with Gasteiger partial charge in [0, 0.05) is 22.7 Å². The minimum absolute atomic E-state index is 0.00664. The molecule has 4 saturated carbocycles. The smallest absolute Gasteiger partial charge is 0.178 e. The normalized spacial score (nSPS) is 42.3. The number of nitrogens with zero attached hydrogens (tertiary/aromatic N) is 1. The number of carbonyl (C=O) groups excluding carboxylic acids is 2. The van der Waals surface area contributed by atoms with Crippen molar-refractivity contribution in [2.24, 2.45) is 34.5 Å². The van der Waals surface area contributed by atoms with Crippen LogP contribution in [0.25, 0.3) is 10.2 Å². The number of allylic oxidation sites excluding steroid dienone is 4. The molecule has 228 valence electrons. The molecule has 1 aliphatic heterocycles. The van der Waals surface area contributed by atoms with Crippen molar-refractivity contribution < 1.29 is 24.2 Å². The first-order chi connectivity index (χ1) is 20.7. The predicted octanol–water partition coefficient (Wildman–Crippen LogP) is 6.91. The van der Waals surface area contributed by atoms with Gasteiger partial charge in [-0.1, -0.05) is 68.7 Å². The van der Waals surface area contributed by atoms with Crippen molar-refractivity contribution in [1.82, 2.24) is 4.98 Å². The van der Waals surface area contributed by atoms with E-state index >= 15 is 0 Å². The third kappa shape index (κ3) is 4.19. The lowest BCUT2D eigenvalue weighted by atomic mass is 9.46. The summed E-state index contributed by atoms with van der Waals surface area (Å²) in [6, 6.07) is 8.10. The molecule has 1 saturated heterocycles. The van der Waals surface area contributed by atoms with Crippen molar-refractivity contribution in [3.8, 4) is 0 Å². The SMILES string of the molecule is CC12C=CC(=O)C=C1CCC1C2[C@@H](O)CC2(C)C1C[C@H]1O[C@@H](C3CCCCC3)O[C@]12C(=O)CSc1nc2ccccc2s1. The fraction of sp³-hybridized carbons (Fsp3) is 0.629. The van der Waals surface area contributed by atoms with Crippen molar-refractivity contribution in [1.29, 1.82) is 0 Å². The van der Waals surface area contributed by atoms with Crippen LogP contribution in [0, 0.1) is 34.5 Å². The van der Waals surface area contributed by atoms with Gasteiger partial charge in [0.15, 0.2) is 27.8 Å². The number of thioether (sulfide) groups is 1. The molecule has 5 unspecified atom stereocenters. The van der Waals surface area contributed by atoms with Crippen LogP contribution in [0.3, 0.4) is 0 Å². The molecule has 43 heavy (non-hydrogen) atoms. The first-order valence-electron chi connectivity index (χ1n) is 16.2. The maximum absolute atomic E-state index is 14.7. The fourth-order valence-electron chi connectivity index (χ4n) is 10.4. The van der Waals surface area contributed by atoms with Gasteiger partial charge < -0.3 is 14.6 Å². The summed E-state index contributed by atoms with van der Waals surface area (Å²) in [6.07, 6.45) is 13.1. The Morgan fingerprint density at radius 1 is 1.16 bits per heavy atom. The van der Waals surface area contributed by atoms with Crippen molar-refractivity contribution in [2.75, 3.05) is 5.75 Å². The van der Waals surface area contributed by atoms with E-state index in [0.717, 1.165) is 52.2 Å². The number of rotatable bonds is 5. The molecular formula is C35H41NO5S2. The number of ketones is 2. The van der Waals surface area contributed by atoms with E-state index in [1.54, 1.807) is 23.5 Å². The molecule has 2 aromatic rings. The summed E-state index contributed by atoms with van der Waals surface area (Å²) >= 11 is 3.14. The highest BCUT2D eigenvalue weighted by atomic mass is 32.2. The van der Waals surface area contributed by atoms with Gasteiger partial charge in [0.2, 0.25) is 0 Å². The van der Waals surface area contributed by atoms with Gasteiger partial charge >= 0.3 is 0 Å². The predicted molar refractivity (Wildman–Crippen MR) is 168 cm³/mol. The number of aromatic nitrogens is 1. The number of para-hydroxylation sites is 1. The number of benzene rings is 1. The third-order valence-corrected chi connectivity index (χ3v) is 14.5. The van der Waals surface area contributed by atoms with Gasteiger partial charge in [-0.15, -0.1) is 11.3 Å². The van der Waals surface area contributed by atoms with E-state index in [0.29, 0.717) is 12.3 Å². The van der Waals surface area contributed by atoms with Gasteiger partial charge in [0.05, 0.1) is 28.2 Å². The Morgan fingerprint density at radius 3 is 2.79 bits per heavy atom. The van der Waals surface area contributed by atoms with E-state index < -0.39 is 17.1 Å². The molecule has 1 aromatic carbocycles. The highest BCUT2D eigenvalue weighted by molar-refractivity contribution is 8.01. The summed E-state index contributed by atoms with van der Waals surface area (Å²) in [4.78, 5) is 31.8. The molecule has 0 amide bonds. The molecule has 8 heteroatoms. The molecule has 1 N–H and O–H groups in total. The Labute approximate surface area is 261 Å². The second-order valence-electron chi connectivity index (χ2n) is 14.4. The maximum Gasteiger partial charge on any atom is 0.178 e. The first-order valence-corrected chi connectivity index (χ1v) is 18.0. The van der Waals surface area contributed by atoms with Crippen molar-refractivity contribution in [3.05, 3.63) is 48.1 Å². The van der Waals surface area contributed by atoms with Crippen molar-refractivity contribution in [2.45, 2.75) is 100 Å². The molecule has 6 aliphatic rings. The Morgan fingerprint density at radius 2 is 1.98 bits per heavy atom. The molecule has 6 nitrogen and oxygen atoms in total. The Balaban J connectivity index is 1.13. The third-order valence-electron chi connectivity index (χ3n) is 12.3. The summed E-state index contributed by atoms with van der Waals surface area (Å²) < 4.78 is 16.0. The lowest BCUT2D eigenvalue weighted by Gasteiger charge is -2.59. The Kier molecular flexibility index (Phi) is 6.89. The monoisotopic (exact) mass is 619 g/mol. The fourth-order valence-corrected chi connectivity index (χ4v) is 12.4. The lowest BCUT2D eigenvalue weighted by Crippen LogP contribution is -2.63. The quantitative estimate of drug-likeness (QED) is 0.364. The average molecular weight is 620 g/mol. The van der Waals surface area contributed by atoms with Crippen LogP contribution in [-0.2, 0) is 19.1 Å². The summed E-state index contributed by atoms with van der Waals surface area (Å²) in [5.41, 5.74) is 0.138. The maximum atomic E-state index is 14.7. The number of fused-ring (bicyclic) bond motifs is 8. The minimum atomic E-state index is -1.08. The molecule has 2 heterocycles. The number of Topliss-reactive ketones (excluding diaryl/α,β-unsaturated/α-hetero) is 1. The van der Waals surface area contributed by atoms with Gasteiger partial charge in [-0.2, -0.15) is 0 Å². The highest BCUT2D eigenvalue weighted by Gasteiger charge is 2.76. The van der Waals surface area contributed by atoms with Gasteiger partial charge in [-0.3, -0.25) is 9.59 Å². The van der Waals surface area contributed by atoms with Crippen LogP contribution in [0.2, 0.25) is 0 Å². The van der Waals surface area contributed by atoms with Crippen LogP contribution in [0.15, 0.2) is 52.4 Å². The zero-order chi connectivity index (χ0) is 29.6. The zero-order valence-electron chi connectivity index (χ0n) is 25.0. The van der Waals surface area contributed by atoms with E-state index in [4.69, 9.17) is 14.5 Å². The number of thiazole rings is 1. The molecule has 9 atom stereocenters. The van der Waals surface area contributed by atoms with E-state index in [9.17, 15) is 14.7 Å². The number of hydrogen-bond acceptors (Lipinski definition) is 8. The summed E-state index contributed by atoms with van der Waals surface area (Å²) in [7, 11) is 0. The van der Waals surface area contributed by atoms with Gasteiger partial charge in [0.1, 0.15) is 0 Å². The van der Waals surface area contributed by atoms with Crippen LogP contribution >= 0.6 is 23.1 Å². The standard InChI is InChI=1S/C35H41NO5S2/c1-33-15-14-22(37)16-21(33)12-13-23-24-17-29-35(34(24,2)18-26(38)30(23)33,41-31(40-29)20-8-4-3-5-9-20)28(39)19-42-32-36-25-10-6-7-11-27(25)43-32/h6-7,10-11,14-16,20,23-24,26,29-31,38H,3-5,8-9,12-13,17-19H2,1-2H3/t23?,24?,26-,29+,30?,31+,33?,34?,35+/m0/s1. The summed E-state index contributed by atoms with van der Waals surface area (Å²) in [6.45, 7) is 4.42. The first kappa shape index (κ1) is 28.6. The number of aliphatic hydroxyl groups excluding tert-OH is 1. The van der Waals surface area contributed by atoms with Gasteiger partial charge in [0.25, 0.3) is 0 Å². The van der Waals surface area contributed by atoms with Gasteiger partial charge in [-0.25, -0.2) is 4.98 Å². The second-order valence-corrected chi connectivity index (χ2v) is 16.6. The van der Waals surface area contributed by atoms with Crippen LogP contribution < -0.4 is 0 Å². The van der Waals surface area contributed by atoms with E-state index in [1.165, 1.54) is 31.0 Å². The lowest BCUT2D eigenvalue weighted by molar-refractivity contribution is -0.207. The molecule has 5 fully saturated rings. The van der Waals surface area contributed by atoms with E-state index in [2.05, 4.69) is 19.9 Å². The molecule has 0 bridgehead atoms. The molecular weight excluding hydrogens is 579 g/mol. The van der Waals surface area contributed by atoms with Crippen LogP contribution in [0.1, 0.15) is 71.6 Å². The zero-order valence-corrected chi connectivity index (χ0v) is 26.6. The number of aliphatic hydroxyl groups is 1. The van der Waals surface area contributed by atoms with Crippen molar-refractivity contribution >= 4 is 44.9 Å². The van der Waals surface area contributed by atoms with Crippen LogP contribution in [0.5, 0.6) is 0 Å². The van der Waals surface area contributed by atoms with E-state index in [1.807, 2.05) is 24.3 Å². The number of carbonyl (C=O) groups is 2. The van der Waals surface area contributed by atoms with Crippen LogP contribution in [-0.4, -0.2) is 51.5 Å². The van der Waals surface area contributed by atoms with Crippen LogP contribution in [0.4, 0.5) is 0 Å². The Hall–Kier alpha value is -1.84. The number of ether oxygens (including phenoxy) is 2. The second kappa shape index (κ2) is 10.3. The van der Waals surface area contributed by atoms with Gasteiger partial charge in [-0.05, 0) is 74.6 Å². The minimum Gasteiger partial charge on any atom is -0.393 e. The van der Waals surface area contributed by atoms with Crippen molar-refractivity contribution in [3.63, 3.8) is 0 Å². The number of hydrogen-bond donors (Lipinski definition) is 1. The molecule has 0 radical (unpaired) electrons. The molecule has 1 aromatic heterocycles. The molecule has 8 rings (SSSR count). The summed E-state index contributed by atoms with van der Waals surface area (Å²) in [5, 5.41) is 12.0. The highest BCUT2D eigenvalue weighted by Crippen LogP contribution is 2.70. The summed E-state index contributed by atoms with van der Waals surface area (Å²) in [5.74, 6) is 1.14. The molecule has 0 spiro atoms. The van der Waals surface area contributed by atoms with E-state index in [-0.39, 0.29) is 52.9 Å². The topological polar surface area (TPSA) is 85.7 Å². The molecule has 5 aliphatic carbocycles.